The standard InChI is InChI=1S/C26H25ClFNO5/c1-13-22(26(31)34-4)25(23-16(27)6-5-7-17(23)28)24-18(29-13)10-15(11-19(24)30)14-8-9-20(32-2)21(12-14)33-3/h5-9,12,15,25,29H,10-11H2,1-4H3/t15-,25+/m1/s1. The molecule has 0 saturated carbocycles. The van der Waals surface area contributed by atoms with Crippen LogP contribution >= 0.6 is 11.6 Å². The summed E-state index contributed by atoms with van der Waals surface area (Å²) in [6.07, 6.45) is 0.678. The van der Waals surface area contributed by atoms with Gasteiger partial charge in [0, 0.05) is 34.0 Å². The minimum atomic E-state index is -0.962. The molecular weight excluding hydrogens is 461 g/mol. The van der Waals surface area contributed by atoms with E-state index in [0.717, 1.165) is 5.56 Å². The summed E-state index contributed by atoms with van der Waals surface area (Å²) < 4.78 is 30.8. The highest BCUT2D eigenvalue weighted by atomic mass is 35.5. The maximum absolute atomic E-state index is 15.0. The van der Waals surface area contributed by atoms with Crippen molar-refractivity contribution in [1.29, 1.82) is 0 Å². The van der Waals surface area contributed by atoms with E-state index in [1.165, 1.54) is 19.2 Å². The van der Waals surface area contributed by atoms with Gasteiger partial charge in [-0.3, -0.25) is 4.79 Å². The van der Waals surface area contributed by atoms with E-state index in [1.54, 1.807) is 33.3 Å². The monoisotopic (exact) mass is 485 g/mol. The number of ether oxygens (including phenoxy) is 3. The number of allylic oxidation sites excluding steroid dienone is 3. The number of dihydropyridines is 1. The van der Waals surface area contributed by atoms with Crippen LogP contribution in [-0.2, 0) is 14.3 Å². The number of nitrogens with one attached hydrogen (secondary N) is 1. The number of hydrogen-bond donors (Lipinski definition) is 1. The second kappa shape index (κ2) is 9.50. The molecule has 0 aromatic heterocycles. The van der Waals surface area contributed by atoms with Crippen LogP contribution in [-0.4, -0.2) is 33.1 Å². The third kappa shape index (κ3) is 4.05. The molecule has 1 N–H and O–H groups in total. The molecule has 0 radical (unpaired) electrons. The van der Waals surface area contributed by atoms with Crippen LogP contribution in [0.4, 0.5) is 4.39 Å². The van der Waals surface area contributed by atoms with Crippen molar-refractivity contribution in [2.24, 2.45) is 0 Å². The molecule has 0 bridgehead atoms. The van der Waals surface area contributed by atoms with E-state index in [1.807, 2.05) is 12.1 Å². The lowest BCUT2D eigenvalue weighted by Gasteiger charge is -2.37. The van der Waals surface area contributed by atoms with Gasteiger partial charge in [0.25, 0.3) is 0 Å². The van der Waals surface area contributed by atoms with Gasteiger partial charge in [0.15, 0.2) is 17.3 Å². The number of Topliss-reactive ketones (excluding diaryl/α,β-unsaturated/α-hetero) is 1. The highest BCUT2D eigenvalue weighted by molar-refractivity contribution is 6.31. The molecule has 0 unspecified atom stereocenters. The molecule has 0 spiro atoms. The highest BCUT2D eigenvalue weighted by Gasteiger charge is 2.43. The largest absolute Gasteiger partial charge is 0.493 e. The summed E-state index contributed by atoms with van der Waals surface area (Å²) >= 11 is 6.39. The Labute approximate surface area is 202 Å². The van der Waals surface area contributed by atoms with Gasteiger partial charge < -0.3 is 19.5 Å². The highest BCUT2D eigenvalue weighted by Crippen LogP contribution is 2.48. The Kier molecular flexibility index (Phi) is 6.66. The zero-order valence-corrected chi connectivity index (χ0v) is 20.1. The van der Waals surface area contributed by atoms with E-state index in [0.29, 0.717) is 34.9 Å². The number of rotatable bonds is 5. The molecule has 2 aromatic carbocycles. The summed E-state index contributed by atoms with van der Waals surface area (Å²) in [5.74, 6) is -1.35. The molecule has 1 aliphatic heterocycles. The van der Waals surface area contributed by atoms with E-state index < -0.39 is 17.7 Å². The Morgan fingerprint density at radius 3 is 2.47 bits per heavy atom. The van der Waals surface area contributed by atoms with Crippen molar-refractivity contribution in [2.75, 3.05) is 21.3 Å². The lowest BCUT2D eigenvalue weighted by Crippen LogP contribution is -2.36. The average Bonchev–Trinajstić information content (AvgIpc) is 2.82. The molecule has 0 amide bonds. The Morgan fingerprint density at radius 2 is 1.82 bits per heavy atom. The fourth-order valence-electron chi connectivity index (χ4n) is 4.84. The first kappa shape index (κ1) is 23.8. The van der Waals surface area contributed by atoms with Gasteiger partial charge in [0.1, 0.15) is 5.82 Å². The molecule has 6 nitrogen and oxygen atoms in total. The Hall–Kier alpha value is -3.32. The van der Waals surface area contributed by atoms with Crippen LogP contribution in [0.25, 0.3) is 0 Å². The normalized spacial score (nSPS) is 20.0. The number of halogens is 2. The minimum Gasteiger partial charge on any atom is -0.493 e. The maximum Gasteiger partial charge on any atom is 0.336 e. The third-order valence-corrected chi connectivity index (χ3v) is 6.73. The topological polar surface area (TPSA) is 73.9 Å². The first-order chi connectivity index (χ1) is 16.3. The van der Waals surface area contributed by atoms with E-state index in [9.17, 15) is 9.59 Å². The quantitative estimate of drug-likeness (QED) is 0.599. The molecule has 178 valence electrons. The fraction of sp³-hybridized carbons (Fsp3) is 0.308. The molecule has 1 heterocycles. The lowest BCUT2D eigenvalue weighted by atomic mass is 9.71. The van der Waals surface area contributed by atoms with Crippen LogP contribution in [0.15, 0.2) is 58.9 Å². The van der Waals surface area contributed by atoms with Crippen molar-refractivity contribution in [3.05, 3.63) is 80.9 Å². The number of methoxy groups -OCH3 is 3. The number of ketones is 1. The molecule has 2 aliphatic rings. The lowest BCUT2D eigenvalue weighted by molar-refractivity contribution is -0.136. The van der Waals surface area contributed by atoms with Crippen molar-refractivity contribution < 1.29 is 28.2 Å². The van der Waals surface area contributed by atoms with Gasteiger partial charge in [0.2, 0.25) is 0 Å². The molecule has 34 heavy (non-hydrogen) atoms. The van der Waals surface area contributed by atoms with Gasteiger partial charge in [-0.2, -0.15) is 0 Å². The summed E-state index contributed by atoms with van der Waals surface area (Å²) in [6.45, 7) is 1.71. The minimum absolute atomic E-state index is 0.0934. The maximum atomic E-state index is 15.0. The molecule has 1 aliphatic carbocycles. The van der Waals surface area contributed by atoms with Crippen molar-refractivity contribution in [3.8, 4) is 11.5 Å². The van der Waals surface area contributed by atoms with Gasteiger partial charge >= 0.3 is 5.97 Å². The fourth-order valence-corrected chi connectivity index (χ4v) is 5.11. The summed E-state index contributed by atoms with van der Waals surface area (Å²) in [5.41, 5.74) is 2.66. The zero-order chi connectivity index (χ0) is 24.6. The SMILES string of the molecule is COC(=O)C1=C(C)NC2=C(C(=O)C[C@H](c3ccc(OC)c(OC)c3)C2)[C@@H]1c1c(F)cccc1Cl. The van der Waals surface area contributed by atoms with Crippen molar-refractivity contribution in [2.45, 2.75) is 31.6 Å². The van der Waals surface area contributed by atoms with Crippen LogP contribution in [0, 0.1) is 5.82 Å². The number of esters is 1. The van der Waals surface area contributed by atoms with Crippen molar-refractivity contribution >= 4 is 23.4 Å². The van der Waals surface area contributed by atoms with Crippen LogP contribution in [0.3, 0.4) is 0 Å². The number of hydrogen-bond acceptors (Lipinski definition) is 6. The van der Waals surface area contributed by atoms with E-state index in [-0.39, 0.29) is 34.3 Å². The number of carbonyl (C=O) groups excluding carboxylic acids is 2. The molecule has 8 heteroatoms. The van der Waals surface area contributed by atoms with E-state index in [2.05, 4.69) is 5.32 Å². The Morgan fingerprint density at radius 1 is 1.09 bits per heavy atom. The summed E-state index contributed by atoms with van der Waals surface area (Å²) in [6, 6.07) is 9.88. The zero-order valence-electron chi connectivity index (χ0n) is 19.3. The number of carbonyl (C=O) groups is 2. The summed E-state index contributed by atoms with van der Waals surface area (Å²) in [4.78, 5) is 26.3. The van der Waals surface area contributed by atoms with Crippen LogP contribution in [0.1, 0.15) is 42.7 Å². The number of benzene rings is 2. The van der Waals surface area contributed by atoms with Crippen LogP contribution in [0.2, 0.25) is 5.02 Å². The van der Waals surface area contributed by atoms with Gasteiger partial charge in [-0.1, -0.05) is 23.7 Å². The molecular formula is C26H25ClFNO5. The first-order valence-corrected chi connectivity index (χ1v) is 11.2. The van der Waals surface area contributed by atoms with Gasteiger partial charge in [-0.05, 0) is 49.1 Å². The molecule has 4 rings (SSSR count). The van der Waals surface area contributed by atoms with Crippen LogP contribution in [0.5, 0.6) is 11.5 Å². The summed E-state index contributed by atoms with van der Waals surface area (Å²) in [5, 5.41) is 3.36. The van der Waals surface area contributed by atoms with Crippen LogP contribution < -0.4 is 14.8 Å². The Bertz CT molecular complexity index is 1220. The van der Waals surface area contributed by atoms with Crippen molar-refractivity contribution in [3.63, 3.8) is 0 Å². The molecule has 0 saturated heterocycles. The predicted molar refractivity (Wildman–Crippen MR) is 126 cm³/mol. The molecule has 0 fully saturated rings. The van der Waals surface area contributed by atoms with Gasteiger partial charge in [-0.15, -0.1) is 0 Å². The van der Waals surface area contributed by atoms with Crippen molar-refractivity contribution in [1.82, 2.24) is 5.32 Å². The smallest absolute Gasteiger partial charge is 0.336 e. The third-order valence-electron chi connectivity index (χ3n) is 6.40. The molecule has 2 atom stereocenters. The van der Waals surface area contributed by atoms with Gasteiger partial charge in [-0.25, -0.2) is 9.18 Å². The summed E-state index contributed by atoms with van der Waals surface area (Å²) in [7, 11) is 4.37. The average molecular weight is 486 g/mol. The van der Waals surface area contributed by atoms with E-state index in [4.69, 9.17) is 25.8 Å². The predicted octanol–water partition coefficient (Wildman–Crippen LogP) is 5.03. The molecule has 2 aromatic rings. The Balaban J connectivity index is 1.82. The van der Waals surface area contributed by atoms with Gasteiger partial charge in [0.05, 0.1) is 32.8 Å². The van der Waals surface area contributed by atoms with E-state index >= 15 is 4.39 Å². The second-order valence-electron chi connectivity index (χ2n) is 8.26. The first-order valence-electron chi connectivity index (χ1n) is 10.8. The second-order valence-corrected chi connectivity index (χ2v) is 8.67.